The molecule has 1 N–H and O–H groups in total. The molecule has 0 saturated carbocycles. The molecule has 0 spiro atoms. The van der Waals surface area contributed by atoms with E-state index in [0.717, 1.165) is 21.7 Å². The molecule has 2 rings (SSSR count). The zero-order valence-corrected chi connectivity index (χ0v) is 10.9. The third-order valence-corrected chi connectivity index (χ3v) is 2.83. The predicted molar refractivity (Wildman–Crippen MR) is 70.1 cm³/mol. The Kier molecular flexibility index (Phi) is 3.93. The van der Waals surface area contributed by atoms with Gasteiger partial charge in [0.15, 0.2) is 0 Å². The van der Waals surface area contributed by atoms with Gasteiger partial charge in [-0.3, -0.25) is 4.98 Å². The fourth-order valence-electron chi connectivity index (χ4n) is 1.27. The molecule has 0 radical (unpaired) electrons. The zero-order chi connectivity index (χ0) is 12.1. The summed E-state index contributed by atoms with van der Waals surface area (Å²) in [5.74, 6) is 1.54. The monoisotopic (exact) mass is 293 g/mol. The molecule has 1 aromatic heterocycles. The van der Waals surface area contributed by atoms with Crippen molar-refractivity contribution in [3.8, 4) is 5.75 Å². The SMILES string of the molecule is CNc1cnc(COc2ccccc2Br)cn1. The summed E-state index contributed by atoms with van der Waals surface area (Å²) in [6.45, 7) is 0.402. The Hall–Kier alpha value is -1.62. The second kappa shape index (κ2) is 5.63. The summed E-state index contributed by atoms with van der Waals surface area (Å²) in [6, 6.07) is 7.71. The van der Waals surface area contributed by atoms with E-state index in [2.05, 4.69) is 31.2 Å². The van der Waals surface area contributed by atoms with E-state index >= 15 is 0 Å². The van der Waals surface area contributed by atoms with Crippen molar-refractivity contribution in [2.45, 2.75) is 6.61 Å². The highest BCUT2D eigenvalue weighted by Gasteiger charge is 2.01. The van der Waals surface area contributed by atoms with Crippen LogP contribution in [-0.4, -0.2) is 17.0 Å². The number of rotatable bonds is 4. The number of nitrogens with zero attached hydrogens (tertiary/aromatic N) is 2. The van der Waals surface area contributed by atoms with Crippen molar-refractivity contribution in [1.82, 2.24) is 9.97 Å². The van der Waals surface area contributed by atoms with Crippen molar-refractivity contribution in [3.05, 3.63) is 46.8 Å². The van der Waals surface area contributed by atoms with Crippen LogP contribution in [0.2, 0.25) is 0 Å². The van der Waals surface area contributed by atoms with Crippen LogP contribution in [0.5, 0.6) is 5.75 Å². The molecule has 0 fully saturated rings. The van der Waals surface area contributed by atoms with E-state index < -0.39 is 0 Å². The number of hydrogen-bond acceptors (Lipinski definition) is 4. The first-order valence-corrected chi connectivity index (χ1v) is 5.95. The second-order valence-corrected chi connectivity index (χ2v) is 4.22. The number of anilines is 1. The van der Waals surface area contributed by atoms with Crippen LogP contribution >= 0.6 is 15.9 Å². The predicted octanol–water partition coefficient (Wildman–Crippen LogP) is 2.86. The van der Waals surface area contributed by atoms with Gasteiger partial charge in [-0.2, -0.15) is 0 Å². The molecular weight excluding hydrogens is 282 g/mol. The third kappa shape index (κ3) is 3.17. The standard InChI is InChI=1S/C12H12BrN3O/c1-14-12-7-15-9(6-16-12)8-17-11-5-3-2-4-10(11)13/h2-7H,8H2,1H3,(H,14,16). The van der Waals surface area contributed by atoms with E-state index in [1.54, 1.807) is 19.4 Å². The van der Waals surface area contributed by atoms with Crippen molar-refractivity contribution in [3.63, 3.8) is 0 Å². The first kappa shape index (κ1) is 11.9. The molecule has 0 aliphatic carbocycles. The highest BCUT2D eigenvalue weighted by Crippen LogP contribution is 2.24. The van der Waals surface area contributed by atoms with Gasteiger partial charge in [0, 0.05) is 7.05 Å². The Morgan fingerprint density at radius 3 is 2.71 bits per heavy atom. The topological polar surface area (TPSA) is 47.0 Å². The summed E-state index contributed by atoms with van der Waals surface area (Å²) in [5, 5.41) is 2.92. The highest BCUT2D eigenvalue weighted by atomic mass is 79.9. The van der Waals surface area contributed by atoms with Crippen molar-refractivity contribution >= 4 is 21.7 Å². The van der Waals surface area contributed by atoms with Gasteiger partial charge in [-0.05, 0) is 28.1 Å². The number of ether oxygens (including phenoxy) is 1. The van der Waals surface area contributed by atoms with Gasteiger partial charge in [0.2, 0.25) is 0 Å². The minimum atomic E-state index is 0.402. The molecule has 0 aliphatic heterocycles. The summed E-state index contributed by atoms with van der Waals surface area (Å²) in [5.41, 5.74) is 0.791. The maximum absolute atomic E-state index is 5.63. The molecule has 0 saturated heterocycles. The van der Waals surface area contributed by atoms with E-state index in [1.165, 1.54) is 0 Å². The van der Waals surface area contributed by atoms with Crippen LogP contribution in [0.3, 0.4) is 0 Å². The van der Waals surface area contributed by atoms with Gasteiger partial charge >= 0.3 is 0 Å². The fourth-order valence-corrected chi connectivity index (χ4v) is 1.67. The lowest BCUT2D eigenvalue weighted by Crippen LogP contribution is -2.01. The van der Waals surface area contributed by atoms with Crippen molar-refractivity contribution in [1.29, 1.82) is 0 Å². The van der Waals surface area contributed by atoms with Crippen LogP contribution < -0.4 is 10.1 Å². The molecular formula is C12H12BrN3O. The lowest BCUT2D eigenvalue weighted by Gasteiger charge is -2.07. The third-order valence-electron chi connectivity index (χ3n) is 2.17. The van der Waals surface area contributed by atoms with Gasteiger partial charge in [-0.15, -0.1) is 0 Å². The molecule has 0 amide bonds. The van der Waals surface area contributed by atoms with Crippen molar-refractivity contribution < 1.29 is 4.74 Å². The lowest BCUT2D eigenvalue weighted by atomic mass is 10.3. The van der Waals surface area contributed by atoms with E-state index in [4.69, 9.17) is 4.74 Å². The molecule has 0 bridgehead atoms. The number of nitrogens with one attached hydrogen (secondary N) is 1. The normalized spacial score (nSPS) is 10.0. The van der Waals surface area contributed by atoms with Crippen LogP contribution in [0.15, 0.2) is 41.1 Å². The van der Waals surface area contributed by atoms with Gasteiger partial charge in [-0.25, -0.2) is 4.98 Å². The lowest BCUT2D eigenvalue weighted by molar-refractivity contribution is 0.299. The van der Waals surface area contributed by atoms with Gasteiger partial charge < -0.3 is 10.1 Å². The number of benzene rings is 1. The summed E-state index contributed by atoms with van der Waals surface area (Å²) in [7, 11) is 1.81. The largest absolute Gasteiger partial charge is 0.486 e. The maximum atomic E-state index is 5.63. The highest BCUT2D eigenvalue weighted by molar-refractivity contribution is 9.10. The van der Waals surface area contributed by atoms with Gasteiger partial charge in [0.05, 0.1) is 22.6 Å². The molecule has 0 atom stereocenters. The smallest absolute Gasteiger partial charge is 0.144 e. The van der Waals surface area contributed by atoms with Gasteiger partial charge in [0.25, 0.3) is 0 Å². The summed E-state index contributed by atoms with van der Waals surface area (Å²) in [6.07, 6.45) is 3.38. The molecule has 2 aromatic rings. The average molecular weight is 294 g/mol. The molecule has 17 heavy (non-hydrogen) atoms. The fraction of sp³-hybridized carbons (Fsp3) is 0.167. The number of para-hydroxylation sites is 1. The Labute approximate surface area is 108 Å². The second-order valence-electron chi connectivity index (χ2n) is 3.36. The van der Waals surface area contributed by atoms with Gasteiger partial charge in [0.1, 0.15) is 18.2 Å². The molecule has 5 heteroatoms. The van der Waals surface area contributed by atoms with E-state index in [9.17, 15) is 0 Å². The number of hydrogen-bond donors (Lipinski definition) is 1. The van der Waals surface area contributed by atoms with Crippen LogP contribution in [-0.2, 0) is 6.61 Å². The van der Waals surface area contributed by atoms with Crippen molar-refractivity contribution in [2.24, 2.45) is 0 Å². The molecule has 0 aliphatic rings. The van der Waals surface area contributed by atoms with E-state index in [1.807, 2.05) is 24.3 Å². The molecule has 1 aromatic carbocycles. The Morgan fingerprint density at radius 2 is 2.06 bits per heavy atom. The van der Waals surface area contributed by atoms with Crippen LogP contribution in [0.1, 0.15) is 5.69 Å². The quantitative estimate of drug-likeness (QED) is 0.942. The maximum Gasteiger partial charge on any atom is 0.144 e. The Balaban J connectivity index is 2.00. The van der Waals surface area contributed by atoms with Crippen LogP contribution in [0, 0.1) is 0 Å². The minimum Gasteiger partial charge on any atom is -0.486 e. The number of aromatic nitrogens is 2. The zero-order valence-electron chi connectivity index (χ0n) is 9.35. The first-order valence-electron chi connectivity index (χ1n) is 5.15. The molecule has 4 nitrogen and oxygen atoms in total. The van der Waals surface area contributed by atoms with E-state index in [0.29, 0.717) is 6.61 Å². The van der Waals surface area contributed by atoms with E-state index in [-0.39, 0.29) is 0 Å². The van der Waals surface area contributed by atoms with Gasteiger partial charge in [-0.1, -0.05) is 12.1 Å². The summed E-state index contributed by atoms with van der Waals surface area (Å²) >= 11 is 3.42. The molecule has 0 unspecified atom stereocenters. The first-order chi connectivity index (χ1) is 8.29. The molecule has 1 heterocycles. The summed E-state index contributed by atoms with van der Waals surface area (Å²) in [4.78, 5) is 8.40. The van der Waals surface area contributed by atoms with Crippen molar-refractivity contribution in [2.75, 3.05) is 12.4 Å². The summed E-state index contributed by atoms with van der Waals surface area (Å²) < 4.78 is 6.56. The Bertz CT molecular complexity index is 487. The van der Waals surface area contributed by atoms with Crippen LogP contribution in [0.4, 0.5) is 5.82 Å². The minimum absolute atomic E-state index is 0.402. The molecule has 88 valence electrons. The van der Waals surface area contributed by atoms with Crippen LogP contribution in [0.25, 0.3) is 0 Å². The average Bonchev–Trinajstić information content (AvgIpc) is 2.38. The number of halogens is 1. The Morgan fingerprint density at radius 1 is 1.24 bits per heavy atom.